The summed E-state index contributed by atoms with van der Waals surface area (Å²) in [5, 5.41) is 2.88. The van der Waals surface area contributed by atoms with Gasteiger partial charge in [-0.15, -0.1) is 0 Å². The molecule has 0 spiro atoms. The van der Waals surface area contributed by atoms with Gasteiger partial charge < -0.3 is 10.2 Å². The second kappa shape index (κ2) is 9.70. The van der Waals surface area contributed by atoms with Crippen LogP contribution in [0.2, 0.25) is 0 Å². The van der Waals surface area contributed by atoms with Crippen molar-refractivity contribution >= 4 is 11.8 Å². The lowest BCUT2D eigenvalue weighted by Gasteiger charge is -2.21. The fourth-order valence-corrected chi connectivity index (χ4v) is 2.69. The molecule has 2 amide bonds. The van der Waals surface area contributed by atoms with E-state index >= 15 is 0 Å². The molecule has 0 aliphatic heterocycles. The van der Waals surface area contributed by atoms with Gasteiger partial charge >= 0.3 is 0 Å². The fourth-order valence-electron chi connectivity index (χ4n) is 2.69. The molecule has 0 unspecified atom stereocenters. The van der Waals surface area contributed by atoms with Crippen molar-refractivity contribution in [3.8, 4) is 0 Å². The van der Waals surface area contributed by atoms with Gasteiger partial charge in [0.05, 0.1) is 0 Å². The van der Waals surface area contributed by atoms with Crippen LogP contribution in [0.4, 0.5) is 4.39 Å². The van der Waals surface area contributed by atoms with E-state index < -0.39 is 0 Å². The Hall–Kier alpha value is -2.69. The summed E-state index contributed by atoms with van der Waals surface area (Å²) in [5.74, 6) is -0.430. The average molecular weight is 356 g/mol. The van der Waals surface area contributed by atoms with Gasteiger partial charge in [-0.25, -0.2) is 4.39 Å². The van der Waals surface area contributed by atoms with Crippen molar-refractivity contribution < 1.29 is 14.0 Å². The number of rotatable bonds is 8. The highest BCUT2D eigenvalue weighted by molar-refractivity contribution is 5.78. The van der Waals surface area contributed by atoms with Gasteiger partial charge in [-0.1, -0.05) is 42.0 Å². The first kappa shape index (κ1) is 19.6. The van der Waals surface area contributed by atoms with E-state index in [0.29, 0.717) is 26.1 Å². The molecule has 0 atom stereocenters. The molecule has 26 heavy (non-hydrogen) atoms. The number of aryl methyl sites for hydroxylation is 1. The van der Waals surface area contributed by atoms with E-state index in [1.807, 2.05) is 31.2 Å². The monoisotopic (exact) mass is 356 g/mol. The maximum Gasteiger partial charge on any atom is 0.222 e. The predicted octanol–water partition coefficient (Wildman–Crippen LogP) is 3.23. The molecule has 2 aromatic carbocycles. The summed E-state index contributed by atoms with van der Waals surface area (Å²) in [6.07, 6.45) is 0.888. The normalized spacial score (nSPS) is 10.4. The average Bonchev–Trinajstić information content (AvgIpc) is 2.61. The minimum Gasteiger partial charge on any atom is -0.352 e. The molecule has 138 valence electrons. The number of amides is 2. The highest BCUT2D eigenvalue weighted by atomic mass is 19.1. The van der Waals surface area contributed by atoms with Crippen LogP contribution in [0, 0.1) is 12.7 Å². The molecule has 4 nitrogen and oxygen atoms in total. The van der Waals surface area contributed by atoms with Crippen LogP contribution < -0.4 is 5.32 Å². The van der Waals surface area contributed by atoms with Crippen LogP contribution in [0.15, 0.2) is 48.5 Å². The number of hydrogen-bond donors (Lipinski definition) is 1. The van der Waals surface area contributed by atoms with Crippen LogP contribution in [0.3, 0.4) is 0 Å². The molecule has 0 heterocycles. The third-order valence-electron chi connectivity index (χ3n) is 4.21. The lowest BCUT2D eigenvalue weighted by molar-refractivity contribution is -0.129. The first-order valence-electron chi connectivity index (χ1n) is 8.76. The molecular weight excluding hydrogens is 331 g/mol. The van der Waals surface area contributed by atoms with E-state index in [-0.39, 0.29) is 24.1 Å². The topological polar surface area (TPSA) is 49.4 Å². The van der Waals surface area contributed by atoms with Crippen molar-refractivity contribution in [3.05, 3.63) is 71.0 Å². The van der Waals surface area contributed by atoms with Gasteiger partial charge in [-0.05, 0) is 36.6 Å². The van der Waals surface area contributed by atoms with E-state index in [0.717, 1.165) is 16.7 Å². The molecule has 5 heteroatoms. The van der Waals surface area contributed by atoms with Gasteiger partial charge in [0.15, 0.2) is 0 Å². The third kappa shape index (κ3) is 6.67. The van der Waals surface area contributed by atoms with E-state index in [1.165, 1.54) is 19.1 Å². The van der Waals surface area contributed by atoms with Crippen molar-refractivity contribution in [3.63, 3.8) is 0 Å². The summed E-state index contributed by atoms with van der Waals surface area (Å²) >= 11 is 0. The summed E-state index contributed by atoms with van der Waals surface area (Å²) < 4.78 is 12.9. The van der Waals surface area contributed by atoms with Gasteiger partial charge in [-0.3, -0.25) is 9.59 Å². The minimum atomic E-state index is -0.276. The summed E-state index contributed by atoms with van der Waals surface area (Å²) in [4.78, 5) is 25.5. The standard InChI is InChI=1S/C21H25FN2O2/c1-16-4-3-5-19(14-16)15-23-21(26)11-13-24(17(2)25)12-10-18-6-8-20(22)9-7-18/h3-9,14H,10-13,15H2,1-2H3,(H,23,26). The SMILES string of the molecule is CC(=O)N(CCC(=O)NCc1cccc(C)c1)CCc1ccc(F)cc1. The Morgan fingerprint density at radius 1 is 1.04 bits per heavy atom. The molecule has 0 aliphatic carbocycles. The van der Waals surface area contributed by atoms with Crippen molar-refractivity contribution in [2.24, 2.45) is 0 Å². The van der Waals surface area contributed by atoms with Crippen molar-refractivity contribution in [1.29, 1.82) is 0 Å². The second-order valence-corrected chi connectivity index (χ2v) is 6.40. The van der Waals surface area contributed by atoms with Gasteiger partial charge in [-0.2, -0.15) is 0 Å². The number of hydrogen-bond acceptors (Lipinski definition) is 2. The molecule has 0 fully saturated rings. The molecular formula is C21H25FN2O2. The zero-order chi connectivity index (χ0) is 18.9. The Balaban J connectivity index is 1.77. The highest BCUT2D eigenvalue weighted by Gasteiger charge is 2.11. The van der Waals surface area contributed by atoms with Crippen molar-refractivity contribution in [2.45, 2.75) is 33.2 Å². The molecule has 0 saturated heterocycles. The fraction of sp³-hybridized carbons (Fsp3) is 0.333. The Morgan fingerprint density at radius 3 is 2.42 bits per heavy atom. The van der Waals surface area contributed by atoms with Gasteiger partial charge in [0, 0.05) is 33.0 Å². The van der Waals surface area contributed by atoms with E-state index in [2.05, 4.69) is 5.32 Å². The molecule has 0 saturated carbocycles. The van der Waals surface area contributed by atoms with Crippen molar-refractivity contribution in [1.82, 2.24) is 10.2 Å². The Kier molecular flexibility index (Phi) is 7.33. The molecule has 0 aromatic heterocycles. The predicted molar refractivity (Wildman–Crippen MR) is 100 cm³/mol. The molecule has 1 N–H and O–H groups in total. The summed E-state index contributed by atoms with van der Waals surface area (Å²) in [7, 11) is 0. The number of benzene rings is 2. The molecule has 0 bridgehead atoms. The summed E-state index contributed by atoms with van der Waals surface area (Å²) in [5.41, 5.74) is 3.17. The van der Waals surface area contributed by atoms with Gasteiger partial charge in [0.1, 0.15) is 5.82 Å². The van der Waals surface area contributed by atoms with Crippen molar-refractivity contribution in [2.75, 3.05) is 13.1 Å². The van der Waals surface area contributed by atoms with E-state index in [1.54, 1.807) is 17.0 Å². The number of nitrogens with one attached hydrogen (secondary N) is 1. The quantitative estimate of drug-likeness (QED) is 0.789. The Morgan fingerprint density at radius 2 is 1.77 bits per heavy atom. The second-order valence-electron chi connectivity index (χ2n) is 6.40. The first-order valence-corrected chi connectivity index (χ1v) is 8.76. The Labute approximate surface area is 154 Å². The summed E-state index contributed by atoms with van der Waals surface area (Å²) in [6, 6.07) is 14.2. The minimum absolute atomic E-state index is 0.0707. The molecule has 2 aromatic rings. The molecule has 0 radical (unpaired) electrons. The van der Waals surface area contributed by atoms with Crippen LogP contribution >= 0.6 is 0 Å². The first-order chi connectivity index (χ1) is 12.4. The largest absolute Gasteiger partial charge is 0.352 e. The number of carbonyl (C=O) groups excluding carboxylic acids is 2. The van der Waals surface area contributed by atoms with Crippen LogP contribution in [-0.2, 0) is 22.6 Å². The van der Waals surface area contributed by atoms with Gasteiger partial charge in [0.2, 0.25) is 11.8 Å². The molecule has 0 aliphatic rings. The maximum atomic E-state index is 12.9. The van der Waals surface area contributed by atoms with Gasteiger partial charge in [0.25, 0.3) is 0 Å². The Bertz CT molecular complexity index is 744. The molecule has 2 rings (SSSR count). The van der Waals surface area contributed by atoms with Crippen LogP contribution in [0.25, 0.3) is 0 Å². The van der Waals surface area contributed by atoms with E-state index in [9.17, 15) is 14.0 Å². The highest BCUT2D eigenvalue weighted by Crippen LogP contribution is 2.06. The third-order valence-corrected chi connectivity index (χ3v) is 4.21. The smallest absolute Gasteiger partial charge is 0.222 e. The number of nitrogens with zero attached hydrogens (tertiary/aromatic N) is 1. The van der Waals surface area contributed by atoms with E-state index in [4.69, 9.17) is 0 Å². The van der Waals surface area contributed by atoms with Crippen LogP contribution in [-0.4, -0.2) is 29.8 Å². The number of carbonyl (C=O) groups is 2. The maximum absolute atomic E-state index is 12.9. The van der Waals surface area contributed by atoms with Crippen LogP contribution in [0.5, 0.6) is 0 Å². The zero-order valence-corrected chi connectivity index (χ0v) is 15.3. The lowest BCUT2D eigenvalue weighted by Crippen LogP contribution is -2.35. The number of halogens is 1. The lowest BCUT2D eigenvalue weighted by atomic mass is 10.1. The van der Waals surface area contributed by atoms with Crippen LogP contribution in [0.1, 0.15) is 30.0 Å². The summed E-state index contributed by atoms with van der Waals surface area (Å²) in [6.45, 7) is 4.87. The zero-order valence-electron chi connectivity index (χ0n) is 15.3.